The number of hydrogen-bond acceptors (Lipinski definition) is 1. The van der Waals surface area contributed by atoms with E-state index in [1.165, 1.54) is 0 Å². The Kier molecular flexibility index (Phi) is 5.75. The Bertz CT molecular complexity index is 540. The van der Waals surface area contributed by atoms with Crippen LogP contribution in [0.2, 0.25) is 5.02 Å². The van der Waals surface area contributed by atoms with Crippen molar-refractivity contribution in [2.24, 2.45) is 0 Å². The van der Waals surface area contributed by atoms with E-state index in [-0.39, 0.29) is 29.8 Å². The van der Waals surface area contributed by atoms with Crippen molar-refractivity contribution in [3.63, 3.8) is 0 Å². The van der Waals surface area contributed by atoms with Gasteiger partial charge >= 0.3 is 0 Å². The molecule has 1 aromatic heterocycles. The quantitative estimate of drug-likeness (QED) is 0.416. The largest absolute Gasteiger partial charge is 1.00 e. The van der Waals surface area contributed by atoms with E-state index >= 15 is 0 Å². The van der Waals surface area contributed by atoms with E-state index in [0.29, 0.717) is 17.1 Å². The molecule has 94 valence electrons. The Hall–Kier alpha value is -0.940. The van der Waals surface area contributed by atoms with Gasteiger partial charge in [-0.3, -0.25) is 4.79 Å². The van der Waals surface area contributed by atoms with Crippen LogP contribution in [0.4, 0.5) is 0 Å². The molecule has 1 heterocycles. The maximum atomic E-state index is 12.0. The summed E-state index contributed by atoms with van der Waals surface area (Å²) in [5.41, 5.74) is 1.75. The number of ketones is 1. The third kappa shape index (κ3) is 3.78. The van der Waals surface area contributed by atoms with Crippen LogP contribution in [-0.4, -0.2) is 5.78 Å². The summed E-state index contributed by atoms with van der Waals surface area (Å²) in [5.74, 6) is 0.0842. The zero-order chi connectivity index (χ0) is 12.3. The second-order valence-corrected chi connectivity index (χ2v) is 4.34. The second-order valence-electron chi connectivity index (χ2n) is 3.90. The topological polar surface area (TPSA) is 20.9 Å². The first-order valence-corrected chi connectivity index (χ1v) is 5.78. The molecule has 0 radical (unpaired) electrons. The molecular weight excluding hydrogens is 361 g/mol. The lowest BCUT2D eigenvalue weighted by Crippen LogP contribution is -3.00. The Labute approximate surface area is 129 Å². The molecule has 2 aromatic rings. The Morgan fingerprint density at radius 3 is 2.44 bits per heavy atom. The first kappa shape index (κ1) is 15.1. The standard InChI is InChI=1S/C14H13ClNO.HI/c1-11-4-2-3-9-16(11)10-14(17)12-5-7-13(15)8-6-12;/h2-9H,10H2,1H3;1H/q+1;/p-1. The number of pyridine rings is 1. The van der Waals surface area contributed by atoms with Gasteiger partial charge in [-0.1, -0.05) is 17.7 Å². The number of rotatable bonds is 3. The van der Waals surface area contributed by atoms with Crippen LogP contribution in [0.1, 0.15) is 16.1 Å². The predicted molar refractivity (Wildman–Crippen MR) is 67.2 cm³/mol. The van der Waals surface area contributed by atoms with Gasteiger partial charge in [-0.05, 0) is 24.3 Å². The van der Waals surface area contributed by atoms with E-state index < -0.39 is 0 Å². The number of Topliss-reactive ketones (excluding diaryl/α,β-unsaturated/α-hetero) is 1. The summed E-state index contributed by atoms with van der Waals surface area (Å²) in [5, 5.41) is 0.644. The van der Waals surface area contributed by atoms with Crippen molar-refractivity contribution in [1.82, 2.24) is 0 Å². The van der Waals surface area contributed by atoms with Crippen molar-refractivity contribution in [3.05, 3.63) is 64.9 Å². The van der Waals surface area contributed by atoms with Crippen molar-refractivity contribution in [2.45, 2.75) is 13.5 Å². The van der Waals surface area contributed by atoms with Crippen LogP contribution in [0.15, 0.2) is 48.7 Å². The van der Waals surface area contributed by atoms with Crippen LogP contribution in [-0.2, 0) is 6.54 Å². The summed E-state index contributed by atoms with van der Waals surface area (Å²) in [6.45, 7) is 2.34. The van der Waals surface area contributed by atoms with Gasteiger partial charge in [0.25, 0.3) is 0 Å². The van der Waals surface area contributed by atoms with Crippen LogP contribution in [0.5, 0.6) is 0 Å². The summed E-state index contributed by atoms with van der Waals surface area (Å²) >= 11 is 5.79. The van der Waals surface area contributed by atoms with Crippen LogP contribution < -0.4 is 28.5 Å². The number of carbonyl (C=O) groups is 1. The van der Waals surface area contributed by atoms with Crippen molar-refractivity contribution in [2.75, 3.05) is 0 Å². The van der Waals surface area contributed by atoms with Crippen LogP contribution in [0.3, 0.4) is 0 Å². The predicted octanol–water partition coefficient (Wildman–Crippen LogP) is -0.177. The average Bonchev–Trinajstić information content (AvgIpc) is 2.33. The lowest BCUT2D eigenvalue weighted by atomic mass is 10.1. The van der Waals surface area contributed by atoms with Gasteiger partial charge in [0, 0.05) is 29.6 Å². The number of benzene rings is 1. The van der Waals surface area contributed by atoms with Crippen molar-refractivity contribution in [3.8, 4) is 0 Å². The molecule has 0 spiro atoms. The van der Waals surface area contributed by atoms with E-state index in [2.05, 4.69) is 0 Å². The van der Waals surface area contributed by atoms with Crippen molar-refractivity contribution >= 4 is 17.4 Å². The highest BCUT2D eigenvalue weighted by Gasteiger charge is 2.13. The molecule has 2 nitrogen and oxygen atoms in total. The van der Waals surface area contributed by atoms with Gasteiger partial charge in [-0.25, -0.2) is 0 Å². The molecule has 0 aliphatic carbocycles. The third-order valence-electron chi connectivity index (χ3n) is 2.65. The van der Waals surface area contributed by atoms with E-state index in [4.69, 9.17) is 11.6 Å². The van der Waals surface area contributed by atoms with Crippen molar-refractivity contribution in [1.29, 1.82) is 0 Å². The molecular formula is C14H13ClINO. The number of aromatic nitrogens is 1. The molecule has 0 amide bonds. The molecule has 0 unspecified atom stereocenters. The molecule has 0 bridgehead atoms. The zero-order valence-electron chi connectivity index (χ0n) is 9.94. The van der Waals surface area contributed by atoms with E-state index in [9.17, 15) is 4.79 Å². The fraction of sp³-hybridized carbons (Fsp3) is 0.143. The lowest BCUT2D eigenvalue weighted by molar-refractivity contribution is -0.689. The van der Waals surface area contributed by atoms with Gasteiger partial charge in [0.1, 0.15) is 0 Å². The summed E-state index contributed by atoms with van der Waals surface area (Å²) in [6, 6.07) is 12.8. The van der Waals surface area contributed by atoms with E-state index in [0.717, 1.165) is 5.69 Å². The summed E-state index contributed by atoms with van der Waals surface area (Å²) in [6.07, 6.45) is 1.91. The van der Waals surface area contributed by atoms with Gasteiger partial charge in [0.15, 0.2) is 11.9 Å². The number of halogens is 2. The van der Waals surface area contributed by atoms with E-state index in [1.807, 2.05) is 35.9 Å². The first-order chi connectivity index (χ1) is 8.16. The minimum atomic E-state index is 0. The fourth-order valence-electron chi connectivity index (χ4n) is 1.62. The van der Waals surface area contributed by atoms with Crippen molar-refractivity contribution < 1.29 is 33.3 Å². The van der Waals surface area contributed by atoms with Crippen LogP contribution in [0.25, 0.3) is 0 Å². The smallest absolute Gasteiger partial charge is 0.227 e. The van der Waals surface area contributed by atoms with Gasteiger partial charge in [-0.2, -0.15) is 4.57 Å². The molecule has 0 atom stereocenters. The average molecular weight is 374 g/mol. The summed E-state index contributed by atoms with van der Waals surface area (Å²) in [7, 11) is 0. The molecule has 4 heteroatoms. The summed E-state index contributed by atoms with van der Waals surface area (Å²) in [4.78, 5) is 12.0. The molecule has 18 heavy (non-hydrogen) atoms. The van der Waals surface area contributed by atoms with Gasteiger partial charge < -0.3 is 24.0 Å². The molecule has 1 aromatic carbocycles. The summed E-state index contributed by atoms with van der Waals surface area (Å²) < 4.78 is 1.93. The normalized spacial score (nSPS) is 9.67. The minimum Gasteiger partial charge on any atom is -1.00 e. The number of hydrogen-bond donors (Lipinski definition) is 0. The Morgan fingerprint density at radius 1 is 1.17 bits per heavy atom. The highest BCUT2D eigenvalue weighted by molar-refractivity contribution is 6.30. The number of aryl methyl sites for hydroxylation is 1. The maximum Gasteiger partial charge on any atom is 0.227 e. The van der Waals surface area contributed by atoms with Crippen LogP contribution in [0, 0.1) is 6.92 Å². The number of nitrogens with zero attached hydrogens (tertiary/aromatic N) is 1. The highest BCUT2D eigenvalue weighted by atomic mass is 127. The SMILES string of the molecule is Cc1cccc[n+]1CC(=O)c1ccc(Cl)cc1.[I-]. The maximum absolute atomic E-state index is 12.0. The molecule has 0 N–H and O–H groups in total. The third-order valence-corrected chi connectivity index (χ3v) is 2.90. The Morgan fingerprint density at radius 2 is 1.83 bits per heavy atom. The molecule has 0 aliphatic rings. The zero-order valence-corrected chi connectivity index (χ0v) is 12.9. The first-order valence-electron chi connectivity index (χ1n) is 5.40. The molecule has 0 aliphatic heterocycles. The molecule has 0 saturated carbocycles. The molecule has 0 fully saturated rings. The second kappa shape index (κ2) is 6.85. The highest BCUT2D eigenvalue weighted by Crippen LogP contribution is 2.10. The van der Waals surface area contributed by atoms with Gasteiger partial charge in [0.2, 0.25) is 12.3 Å². The Balaban J connectivity index is 0.00000162. The fourth-order valence-corrected chi connectivity index (χ4v) is 1.75. The lowest BCUT2D eigenvalue weighted by Gasteiger charge is -2.00. The van der Waals surface area contributed by atoms with Crippen LogP contribution >= 0.6 is 11.6 Å². The monoisotopic (exact) mass is 373 g/mol. The molecule has 2 rings (SSSR count). The minimum absolute atomic E-state index is 0. The number of carbonyl (C=O) groups excluding carboxylic acids is 1. The van der Waals surface area contributed by atoms with E-state index in [1.54, 1.807) is 24.3 Å². The molecule has 0 saturated heterocycles. The van der Waals surface area contributed by atoms with Gasteiger partial charge in [-0.15, -0.1) is 0 Å². The van der Waals surface area contributed by atoms with Gasteiger partial charge in [0.05, 0.1) is 0 Å².